The molecule has 1 fully saturated rings. The molecule has 0 aliphatic carbocycles. The second-order valence-electron chi connectivity index (χ2n) is 5.07. The fourth-order valence-electron chi connectivity index (χ4n) is 2.54. The zero-order valence-corrected chi connectivity index (χ0v) is 12.3. The summed E-state index contributed by atoms with van der Waals surface area (Å²) in [4.78, 5) is 23.7. The van der Waals surface area contributed by atoms with E-state index in [4.69, 9.17) is 5.73 Å². The predicted molar refractivity (Wildman–Crippen MR) is 78.0 cm³/mol. The van der Waals surface area contributed by atoms with Crippen LogP contribution in [0.3, 0.4) is 0 Å². The van der Waals surface area contributed by atoms with Gasteiger partial charge < -0.3 is 10.6 Å². The average molecular weight is 318 g/mol. The molecule has 1 heterocycles. The van der Waals surface area contributed by atoms with Gasteiger partial charge in [0.15, 0.2) is 0 Å². The molecule has 2 rings (SSSR count). The van der Waals surface area contributed by atoms with Crippen LogP contribution in [0.25, 0.3) is 0 Å². The third kappa shape index (κ3) is 3.48. The van der Waals surface area contributed by atoms with Gasteiger partial charge in [-0.1, -0.05) is 0 Å². The van der Waals surface area contributed by atoms with Crippen LogP contribution in [0.1, 0.15) is 23.7 Å². The molecule has 2 unspecified atom stereocenters. The number of likely N-dealkylation sites (tertiary alicyclic amines) is 1. The Hall–Kier alpha value is -1.73. The van der Waals surface area contributed by atoms with Crippen LogP contribution in [-0.4, -0.2) is 34.9 Å². The number of carbonyl (C=O) groups is 1. The van der Waals surface area contributed by atoms with Gasteiger partial charge in [-0.25, -0.2) is 4.39 Å². The van der Waals surface area contributed by atoms with Crippen molar-refractivity contribution in [1.82, 2.24) is 4.90 Å². The summed E-state index contributed by atoms with van der Waals surface area (Å²) in [6.45, 7) is 2.86. The predicted octanol–water partition coefficient (Wildman–Crippen LogP) is 1.97. The summed E-state index contributed by atoms with van der Waals surface area (Å²) in [5.74, 6) is -1.09. The molecular weight excluding hydrogens is 301 g/mol. The van der Waals surface area contributed by atoms with E-state index in [2.05, 4.69) is 0 Å². The van der Waals surface area contributed by atoms with Crippen molar-refractivity contribution in [2.75, 3.05) is 13.1 Å². The van der Waals surface area contributed by atoms with E-state index in [1.807, 2.05) is 6.92 Å². The first-order chi connectivity index (χ1) is 9.43. The lowest BCUT2D eigenvalue weighted by Crippen LogP contribution is -2.35. The second kappa shape index (κ2) is 6.82. The lowest BCUT2D eigenvalue weighted by Gasteiger charge is -2.21. The fraction of sp³-hybridized carbons (Fsp3) is 0.462. The Labute approximate surface area is 127 Å². The van der Waals surface area contributed by atoms with E-state index in [-0.39, 0.29) is 35.6 Å². The Morgan fingerprint density at radius 2 is 2.24 bits per heavy atom. The lowest BCUT2D eigenvalue weighted by atomic mass is 10.1. The van der Waals surface area contributed by atoms with Crippen molar-refractivity contribution in [1.29, 1.82) is 0 Å². The molecule has 0 bridgehead atoms. The highest BCUT2D eigenvalue weighted by atomic mass is 35.5. The lowest BCUT2D eigenvalue weighted by molar-refractivity contribution is -0.385. The number of amides is 1. The molecule has 1 aromatic carbocycles. The minimum Gasteiger partial charge on any atom is -0.336 e. The van der Waals surface area contributed by atoms with Gasteiger partial charge in [-0.05, 0) is 31.9 Å². The van der Waals surface area contributed by atoms with E-state index in [0.717, 1.165) is 24.6 Å². The maximum atomic E-state index is 13.8. The van der Waals surface area contributed by atoms with Gasteiger partial charge in [-0.2, -0.15) is 0 Å². The van der Waals surface area contributed by atoms with Crippen LogP contribution in [0, 0.1) is 21.8 Å². The first kappa shape index (κ1) is 17.3. The topological polar surface area (TPSA) is 89.5 Å². The normalized spacial score (nSPS) is 21.0. The van der Waals surface area contributed by atoms with Crippen LogP contribution >= 0.6 is 12.4 Å². The molecule has 116 valence electrons. The number of halogens is 2. The van der Waals surface area contributed by atoms with Crippen molar-refractivity contribution in [3.05, 3.63) is 39.7 Å². The van der Waals surface area contributed by atoms with Gasteiger partial charge in [-0.15, -0.1) is 12.4 Å². The minimum atomic E-state index is -0.868. The SMILES string of the molecule is CC1CC(CN)CN1C(=O)c1ccc([N+](=O)[O-])cc1F.Cl. The smallest absolute Gasteiger partial charge is 0.272 e. The first-order valence-electron chi connectivity index (χ1n) is 6.39. The number of rotatable bonds is 3. The van der Waals surface area contributed by atoms with Crippen LogP contribution < -0.4 is 5.73 Å². The summed E-state index contributed by atoms with van der Waals surface area (Å²) in [5.41, 5.74) is 5.09. The molecule has 2 N–H and O–H groups in total. The molecule has 8 heteroatoms. The van der Waals surface area contributed by atoms with Crippen LogP contribution in [0.2, 0.25) is 0 Å². The summed E-state index contributed by atoms with van der Waals surface area (Å²) < 4.78 is 13.8. The number of nitro groups is 1. The third-order valence-corrected chi connectivity index (χ3v) is 3.65. The van der Waals surface area contributed by atoms with Gasteiger partial charge in [0.25, 0.3) is 11.6 Å². The van der Waals surface area contributed by atoms with Crippen molar-refractivity contribution >= 4 is 24.0 Å². The maximum absolute atomic E-state index is 13.8. The molecule has 0 spiro atoms. The maximum Gasteiger partial charge on any atom is 0.272 e. The monoisotopic (exact) mass is 317 g/mol. The van der Waals surface area contributed by atoms with E-state index in [1.54, 1.807) is 4.90 Å². The quantitative estimate of drug-likeness (QED) is 0.681. The van der Waals surface area contributed by atoms with E-state index >= 15 is 0 Å². The molecule has 0 radical (unpaired) electrons. The molecule has 21 heavy (non-hydrogen) atoms. The standard InChI is InChI=1S/C13H16FN3O3.ClH/c1-8-4-9(6-15)7-16(8)13(18)11-3-2-10(17(19)20)5-12(11)14;/h2-3,5,8-9H,4,6-7,15H2,1H3;1H. The highest BCUT2D eigenvalue weighted by molar-refractivity contribution is 5.95. The van der Waals surface area contributed by atoms with Crippen molar-refractivity contribution in [3.8, 4) is 0 Å². The highest BCUT2D eigenvalue weighted by Crippen LogP contribution is 2.26. The Morgan fingerprint density at radius 3 is 2.71 bits per heavy atom. The average Bonchev–Trinajstić information content (AvgIpc) is 2.79. The first-order valence-corrected chi connectivity index (χ1v) is 6.39. The summed E-state index contributed by atoms with van der Waals surface area (Å²) in [6.07, 6.45) is 0.789. The fourth-order valence-corrected chi connectivity index (χ4v) is 2.54. The number of nitrogens with two attached hydrogens (primary N) is 1. The van der Waals surface area contributed by atoms with Gasteiger partial charge in [-0.3, -0.25) is 14.9 Å². The summed E-state index contributed by atoms with van der Waals surface area (Å²) >= 11 is 0. The van der Waals surface area contributed by atoms with Crippen molar-refractivity contribution in [2.24, 2.45) is 11.7 Å². The molecule has 1 aliphatic heterocycles. The van der Waals surface area contributed by atoms with E-state index in [0.29, 0.717) is 13.1 Å². The number of carbonyl (C=O) groups excluding carboxylic acids is 1. The Morgan fingerprint density at radius 1 is 1.57 bits per heavy atom. The van der Waals surface area contributed by atoms with Gasteiger partial charge in [0.1, 0.15) is 5.82 Å². The Bertz CT molecular complexity index is 555. The number of benzene rings is 1. The molecule has 1 aromatic rings. The number of nitro benzene ring substituents is 1. The molecule has 1 amide bonds. The van der Waals surface area contributed by atoms with Gasteiger partial charge >= 0.3 is 0 Å². The Balaban J connectivity index is 0.00000220. The van der Waals surface area contributed by atoms with Crippen LogP contribution in [0.15, 0.2) is 18.2 Å². The van der Waals surface area contributed by atoms with Crippen LogP contribution in [0.4, 0.5) is 10.1 Å². The molecular formula is C13H17ClFN3O3. The molecule has 1 saturated heterocycles. The van der Waals surface area contributed by atoms with E-state index in [9.17, 15) is 19.3 Å². The zero-order chi connectivity index (χ0) is 14.9. The van der Waals surface area contributed by atoms with Gasteiger partial charge in [0, 0.05) is 18.7 Å². The van der Waals surface area contributed by atoms with Crippen molar-refractivity contribution in [3.63, 3.8) is 0 Å². The van der Waals surface area contributed by atoms with E-state index in [1.165, 1.54) is 0 Å². The van der Waals surface area contributed by atoms with E-state index < -0.39 is 16.6 Å². The number of non-ortho nitro benzene ring substituents is 1. The highest BCUT2D eigenvalue weighted by Gasteiger charge is 2.33. The third-order valence-electron chi connectivity index (χ3n) is 3.65. The Kier molecular flexibility index (Phi) is 5.62. The largest absolute Gasteiger partial charge is 0.336 e. The van der Waals surface area contributed by atoms with Gasteiger partial charge in [0.05, 0.1) is 16.6 Å². The van der Waals surface area contributed by atoms with Crippen LogP contribution in [0.5, 0.6) is 0 Å². The van der Waals surface area contributed by atoms with Crippen molar-refractivity contribution in [2.45, 2.75) is 19.4 Å². The number of hydrogen-bond donors (Lipinski definition) is 1. The van der Waals surface area contributed by atoms with Gasteiger partial charge in [0.2, 0.25) is 0 Å². The molecule has 0 aromatic heterocycles. The number of nitrogens with zero attached hydrogens (tertiary/aromatic N) is 2. The molecule has 1 aliphatic rings. The molecule has 2 atom stereocenters. The van der Waals surface area contributed by atoms with Crippen LogP contribution in [-0.2, 0) is 0 Å². The summed E-state index contributed by atoms with van der Waals surface area (Å²) in [6, 6.07) is 3.06. The van der Waals surface area contributed by atoms with Crippen molar-refractivity contribution < 1.29 is 14.1 Å². The zero-order valence-electron chi connectivity index (χ0n) is 11.5. The number of hydrogen-bond acceptors (Lipinski definition) is 4. The minimum absolute atomic E-state index is 0. The molecule has 0 saturated carbocycles. The summed E-state index contributed by atoms with van der Waals surface area (Å²) in [7, 11) is 0. The summed E-state index contributed by atoms with van der Waals surface area (Å²) in [5, 5.41) is 10.6. The molecule has 6 nitrogen and oxygen atoms in total. The second-order valence-corrected chi connectivity index (χ2v) is 5.07.